The number of aryl methyl sites for hydroxylation is 1. The third-order valence-electron chi connectivity index (χ3n) is 5.61. The van der Waals surface area contributed by atoms with E-state index < -0.39 is 23.3 Å². The van der Waals surface area contributed by atoms with Gasteiger partial charge >= 0.3 is 0 Å². The Labute approximate surface area is 155 Å². The van der Waals surface area contributed by atoms with E-state index in [9.17, 15) is 13.6 Å². The molecule has 1 aromatic heterocycles. The Hall–Kier alpha value is -2.77. The lowest BCUT2D eigenvalue weighted by Gasteiger charge is -2.40. The molecule has 1 amide bonds. The van der Waals surface area contributed by atoms with Crippen molar-refractivity contribution >= 4 is 11.9 Å². The second-order valence-corrected chi connectivity index (χ2v) is 7.15. The largest absolute Gasteiger partial charge is 0.491 e. The van der Waals surface area contributed by atoms with Crippen molar-refractivity contribution < 1.29 is 18.3 Å². The number of rotatable bonds is 2. The zero-order valence-corrected chi connectivity index (χ0v) is 15.0. The summed E-state index contributed by atoms with van der Waals surface area (Å²) in [6.07, 6.45) is 5.08. The monoisotopic (exact) mass is 374 g/mol. The van der Waals surface area contributed by atoms with Crippen LogP contribution in [0.3, 0.4) is 0 Å². The molecule has 2 heterocycles. The maximum Gasteiger partial charge on any atom is 0.257 e. The molecule has 27 heavy (non-hydrogen) atoms. The molecule has 1 aliphatic heterocycles. The average Bonchev–Trinajstić information content (AvgIpc) is 2.99. The molecule has 2 N–H and O–H groups in total. The van der Waals surface area contributed by atoms with Crippen molar-refractivity contribution in [3.05, 3.63) is 46.8 Å². The van der Waals surface area contributed by atoms with Crippen molar-refractivity contribution in [3.8, 4) is 5.75 Å². The summed E-state index contributed by atoms with van der Waals surface area (Å²) in [5.74, 6) is -2.61. The number of fused-ring (bicyclic) bond motifs is 2. The predicted molar refractivity (Wildman–Crippen MR) is 94.5 cm³/mol. The second kappa shape index (κ2) is 6.44. The lowest BCUT2D eigenvalue weighted by molar-refractivity contribution is 0.0628. The first-order chi connectivity index (χ1) is 12.9. The van der Waals surface area contributed by atoms with E-state index in [-0.39, 0.29) is 16.9 Å². The van der Waals surface area contributed by atoms with E-state index in [0.29, 0.717) is 13.1 Å². The fourth-order valence-corrected chi connectivity index (χ4v) is 4.31. The van der Waals surface area contributed by atoms with Crippen LogP contribution in [0.2, 0.25) is 0 Å². The van der Waals surface area contributed by atoms with Crippen LogP contribution in [-0.2, 0) is 11.8 Å². The molecule has 1 aromatic carbocycles. The van der Waals surface area contributed by atoms with Crippen LogP contribution < -0.4 is 10.5 Å². The summed E-state index contributed by atoms with van der Waals surface area (Å²) < 4.78 is 33.0. The number of benzene rings is 1. The predicted octanol–water partition coefficient (Wildman–Crippen LogP) is 2.47. The van der Waals surface area contributed by atoms with E-state index in [2.05, 4.69) is 9.97 Å². The van der Waals surface area contributed by atoms with Crippen molar-refractivity contribution in [1.82, 2.24) is 14.9 Å². The highest BCUT2D eigenvalue weighted by Gasteiger charge is 2.45. The standard InChI is InChI=1S/C19H20F2N4O2/c1-27-15-13(20)4-3-12(14(15)21)17(26)25-8-2-6-19(10-25)7-5-11-9-23-18(22)24-16(11)19/h3-4,9H,2,5-8,10H2,1H3,(H2,22,23,24). The maximum atomic E-state index is 14.6. The number of anilines is 1. The first-order valence-corrected chi connectivity index (χ1v) is 8.88. The Balaban J connectivity index is 1.66. The molecule has 1 saturated heterocycles. The van der Waals surface area contributed by atoms with Crippen LogP contribution in [0.15, 0.2) is 18.3 Å². The molecule has 1 spiro atoms. The van der Waals surface area contributed by atoms with E-state index in [1.807, 2.05) is 0 Å². The SMILES string of the molecule is COc1c(F)ccc(C(=O)N2CCCC3(CCc4cnc(N)nc43)C2)c1F. The van der Waals surface area contributed by atoms with Gasteiger partial charge in [-0.1, -0.05) is 0 Å². The summed E-state index contributed by atoms with van der Waals surface area (Å²) >= 11 is 0. The molecule has 142 valence electrons. The number of methoxy groups -OCH3 is 1. The van der Waals surface area contributed by atoms with Gasteiger partial charge in [0.25, 0.3) is 5.91 Å². The smallest absolute Gasteiger partial charge is 0.257 e. The van der Waals surface area contributed by atoms with Crippen molar-refractivity contribution in [2.45, 2.75) is 31.1 Å². The molecule has 2 aliphatic rings. The first kappa shape index (κ1) is 17.6. The number of nitrogens with two attached hydrogens (primary N) is 1. The highest BCUT2D eigenvalue weighted by Crippen LogP contribution is 2.44. The zero-order chi connectivity index (χ0) is 19.2. The molecule has 1 fully saturated rings. The van der Waals surface area contributed by atoms with Gasteiger partial charge < -0.3 is 15.4 Å². The Morgan fingerprint density at radius 1 is 1.33 bits per heavy atom. The molecule has 0 bridgehead atoms. The average molecular weight is 374 g/mol. The molecule has 4 rings (SSSR count). The number of ether oxygens (including phenoxy) is 1. The van der Waals surface area contributed by atoms with Crippen LogP contribution in [-0.4, -0.2) is 41.0 Å². The Kier molecular flexibility index (Phi) is 4.20. The van der Waals surface area contributed by atoms with Gasteiger partial charge in [-0.05, 0) is 43.4 Å². The number of amides is 1. The van der Waals surface area contributed by atoms with Crippen LogP contribution in [0, 0.1) is 11.6 Å². The highest BCUT2D eigenvalue weighted by molar-refractivity contribution is 5.95. The van der Waals surface area contributed by atoms with Gasteiger partial charge in [-0.2, -0.15) is 0 Å². The lowest BCUT2D eigenvalue weighted by atomic mass is 9.77. The summed E-state index contributed by atoms with van der Waals surface area (Å²) in [5, 5.41) is 0. The molecule has 1 atom stereocenters. The minimum atomic E-state index is -0.972. The summed E-state index contributed by atoms with van der Waals surface area (Å²) in [5.41, 5.74) is 7.23. The number of hydrogen-bond acceptors (Lipinski definition) is 5. The lowest BCUT2D eigenvalue weighted by Crippen LogP contribution is -2.48. The normalized spacial score (nSPS) is 21.4. The number of aromatic nitrogens is 2. The van der Waals surface area contributed by atoms with Gasteiger partial charge in [0, 0.05) is 24.7 Å². The molecular formula is C19H20F2N4O2. The molecule has 6 nitrogen and oxygen atoms in total. The third kappa shape index (κ3) is 2.79. The molecule has 0 radical (unpaired) electrons. The Morgan fingerprint density at radius 2 is 2.15 bits per heavy atom. The van der Waals surface area contributed by atoms with Gasteiger partial charge in [-0.25, -0.2) is 18.7 Å². The second-order valence-electron chi connectivity index (χ2n) is 7.15. The van der Waals surface area contributed by atoms with Gasteiger partial charge in [-0.3, -0.25) is 4.79 Å². The minimum absolute atomic E-state index is 0.189. The number of nitrogen functional groups attached to an aromatic ring is 1. The number of likely N-dealkylation sites (tertiary alicyclic amines) is 1. The summed E-state index contributed by atoms with van der Waals surface area (Å²) in [4.78, 5) is 23.1. The number of carbonyl (C=O) groups excluding carboxylic acids is 1. The van der Waals surface area contributed by atoms with Gasteiger partial charge in [0.2, 0.25) is 5.95 Å². The van der Waals surface area contributed by atoms with Crippen LogP contribution in [0.4, 0.5) is 14.7 Å². The van der Waals surface area contributed by atoms with E-state index in [1.54, 1.807) is 11.1 Å². The van der Waals surface area contributed by atoms with Crippen LogP contribution >= 0.6 is 0 Å². The summed E-state index contributed by atoms with van der Waals surface area (Å²) in [7, 11) is 1.17. The minimum Gasteiger partial charge on any atom is -0.491 e. The van der Waals surface area contributed by atoms with Gasteiger partial charge in [0.15, 0.2) is 17.4 Å². The molecular weight excluding hydrogens is 354 g/mol. The highest BCUT2D eigenvalue weighted by atomic mass is 19.1. The molecule has 2 aromatic rings. The van der Waals surface area contributed by atoms with Crippen LogP contribution in [0.1, 0.15) is 40.9 Å². The van der Waals surface area contributed by atoms with Crippen LogP contribution in [0.5, 0.6) is 5.75 Å². The van der Waals surface area contributed by atoms with Gasteiger partial charge in [0.05, 0.1) is 18.4 Å². The summed E-state index contributed by atoms with van der Waals surface area (Å²) in [6.45, 7) is 0.935. The fourth-order valence-electron chi connectivity index (χ4n) is 4.31. The number of carbonyl (C=O) groups is 1. The van der Waals surface area contributed by atoms with Crippen molar-refractivity contribution in [2.75, 3.05) is 25.9 Å². The van der Waals surface area contributed by atoms with E-state index >= 15 is 0 Å². The van der Waals surface area contributed by atoms with E-state index in [0.717, 1.165) is 43.0 Å². The zero-order valence-electron chi connectivity index (χ0n) is 15.0. The van der Waals surface area contributed by atoms with E-state index in [4.69, 9.17) is 10.5 Å². The van der Waals surface area contributed by atoms with Crippen LogP contribution in [0.25, 0.3) is 0 Å². The summed E-state index contributed by atoms with van der Waals surface area (Å²) in [6, 6.07) is 2.22. The van der Waals surface area contributed by atoms with Crippen molar-refractivity contribution in [2.24, 2.45) is 0 Å². The number of piperidine rings is 1. The topological polar surface area (TPSA) is 81.3 Å². The molecule has 1 unspecified atom stereocenters. The van der Waals surface area contributed by atoms with Gasteiger partial charge in [-0.15, -0.1) is 0 Å². The number of hydrogen-bond donors (Lipinski definition) is 1. The fraction of sp³-hybridized carbons (Fsp3) is 0.421. The number of halogens is 2. The molecule has 0 saturated carbocycles. The Morgan fingerprint density at radius 3 is 2.93 bits per heavy atom. The quantitative estimate of drug-likeness (QED) is 0.873. The third-order valence-corrected chi connectivity index (χ3v) is 5.61. The molecule has 8 heteroatoms. The first-order valence-electron chi connectivity index (χ1n) is 8.88. The van der Waals surface area contributed by atoms with Gasteiger partial charge in [0.1, 0.15) is 0 Å². The maximum absolute atomic E-state index is 14.6. The number of nitrogens with zero attached hydrogens (tertiary/aromatic N) is 3. The Bertz CT molecular complexity index is 917. The molecule has 1 aliphatic carbocycles. The van der Waals surface area contributed by atoms with Crippen molar-refractivity contribution in [3.63, 3.8) is 0 Å². The van der Waals surface area contributed by atoms with E-state index in [1.165, 1.54) is 13.2 Å². The van der Waals surface area contributed by atoms with Crippen molar-refractivity contribution in [1.29, 1.82) is 0 Å².